The number of ether oxygens (including phenoxy) is 1. The van der Waals surface area contributed by atoms with Crippen molar-refractivity contribution in [1.29, 1.82) is 0 Å². The maximum Gasteiger partial charge on any atom is 0.295 e. The largest absolute Gasteiger partial charge is 0.489 e. The lowest BCUT2D eigenvalue weighted by atomic mass is 10.2. The van der Waals surface area contributed by atoms with E-state index < -0.39 is 0 Å². The summed E-state index contributed by atoms with van der Waals surface area (Å²) < 4.78 is 6.02. The van der Waals surface area contributed by atoms with Gasteiger partial charge in [-0.05, 0) is 17.7 Å². The molecule has 2 rings (SSSR count). The minimum atomic E-state index is -0.302. The molecule has 0 bridgehead atoms. The van der Waals surface area contributed by atoms with Crippen molar-refractivity contribution >= 4 is 21.7 Å². The van der Waals surface area contributed by atoms with Crippen LogP contribution in [0.3, 0.4) is 0 Å². The van der Waals surface area contributed by atoms with Crippen molar-refractivity contribution in [2.75, 3.05) is 12.4 Å². The van der Waals surface area contributed by atoms with Crippen molar-refractivity contribution in [2.45, 2.75) is 6.54 Å². The molecule has 2 N–H and O–H groups in total. The first-order valence-corrected chi connectivity index (χ1v) is 6.10. The number of hydrogen-bond acceptors (Lipinski definition) is 4. The summed E-state index contributed by atoms with van der Waals surface area (Å²) in [6.45, 7) is 0.562. The molecule has 0 atom stereocenters. The molecule has 94 valence electrons. The molecule has 0 radical (unpaired) electrons. The molecule has 1 heterocycles. The number of rotatable bonds is 4. The van der Waals surface area contributed by atoms with Gasteiger partial charge in [0.25, 0.3) is 5.56 Å². The van der Waals surface area contributed by atoms with Crippen LogP contribution in [-0.4, -0.2) is 17.1 Å². The highest BCUT2D eigenvalue weighted by Gasteiger charge is 2.08. The molecule has 0 unspecified atom stereocenters. The van der Waals surface area contributed by atoms with Gasteiger partial charge in [-0.15, -0.1) is 0 Å². The number of benzene rings is 1. The van der Waals surface area contributed by atoms with E-state index in [1.807, 2.05) is 24.3 Å². The highest BCUT2D eigenvalue weighted by molar-refractivity contribution is 9.10. The topological polar surface area (TPSA) is 67.0 Å². The summed E-state index contributed by atoms with van der Waals surface area (Å²) in [5, 5.41) is 3.07. The number of methoxy groups -OCH3 is 1. The highest BCUT2D eigenvalue weighted by atomic mass is 79.9. The van der Waals surface area contributed by atoms with Crippen molar-refractivity contribution in [2.24, 2.45) is 0 Å². The van der Waals surface area contributed by atoms with E-state index in [1.54, 1.807) is 0 Å². The van der Waals surface area contributed by atoms with Crippen LogP contribution < -0.4 is 15.6 Å². The quantitative estimate of drug-likeness (QED) is 0.908. The van der Waals surface area contributed by atoms with Gasteiger partial charge in [-0.3, -0.25) is 4.79 Å². The Morgan fingerprint density at radius 3 is 3.06 bits per heavy atom. The fourth-order valence-electron chi connectivity index (χ4n) is 1.54. The zero-order chi connectivity index (χ0) is 13.0. The van der Waals surface area contributed by atoms with Crippen molar-refractivity contribution in [3.63, 3.8) is 0 Å². The van der Waals surface area contributed by atoms with Gasteiger partial charge in [0.05, 0.1) is 13.4 Å². The second-order valence-corrected chi connectivity index (χ2v) is 4.51. The monoisotopic (exact) mass is 309 g/mol. The van der Waals surface area contributed by atoms with Gasteiger partial charge in [0.2, 0.25) is 5.75 Å². The molecule has 0 aliphatic heterocycles. The van der Waals surface area contributed by atoms with Gasteiger partial charge >= 0.3 is 0 Å². The van der Waals surface area contributed by atoms with Gasteiger partial charge in [-0.1, -0.05) is 28.1 Å². The van der Waals surface area contributed by atoms with Crippen molar-refractivity contribution in [1.82, 2.24) is 9.97 Å². The molecule has 0 aliphatic carbocycles. The van der Waals surface area contributed by atoms with Crippen molar-refractivity contribution in [3.05, 3.63) is 51.0 Å². The Kier molecular flexibility index (Phi) is 3.99. The number of anilines is 1. The first-order valence-electron chi connectivity index (χ1n) is 5.30. The van der Waals surface area contributed by atoms with Crippen LogP contribution in [0, 0.1) is 0 Å². The first-order chi connectivity index (χ1) is 8.70. The Balaban J connectivity index is 2.16. The molecule has 6 heteroatoms. The average molecular weight is 310 g/mol. The number of aromatic nitrogens is 2. The molecule has 0 fully saturated rings. The molecule has 1 aromatic carbocycles. The highest BCUT2D eigenvalue weighted by Crippen LogP contribution is 2.17. The third kappa shape index (κ3) is 2.89. The molecule has 1 aromatic heterocycles. The van der Waals surface area contributed by atoms with E-state index in [0.29, 0.717) is 12.4 Å². The van der Waals surface area contributed by atoms with Crippen LogP contribution in [0.4, 0.5) is 5.82 Å². The number of nitrogens with zero attached hydrogens (tertiary/aromatic N) is 1. The van der Waals surface area contributed by atoms with E-state index in [2.05, 4.69) is 31.2 Å². The summed E-state index contributed by atoms with van der Waals surface area (Å²) in [6, 6.07) is 7.88. The summed E-state index contributed by atoms with van der Waals surface area (Å²) >= 11 is 3.41. The number of aromatic amines is 1. The van der Waals surface area contributed by atoms with Crippen LogP contribution in [0.25, 0.3) is 0 Å². The van der Waals surface area contributed by atoms with E-state index >= 15 is 0 Å². The molecule has 0 saturated carbocycles. The van der Waals surface area contributed by atoms with Crippen LogP contribution in [0.1, 0.15) is 5.56 Å². The van der Waals surface area contributed by atoms with Gasteiger partial charge < -0.3 is 15.0 Å². The number of halogens is 1. The Morgan fingerprint density at radius 2 is 2.33 bits per heavy atom. The molecule has 0 saturated heterocycles. The van der Waals surface area contributed by atoms with E-state index in [0.717, 1.165) is 10.0 Å². The maximum absolute atomic E-state index is 11.5. The molecule has 18 heavy (non-hydrogen) atoms. The fourth-order valence-corrected chi connectivity index (χ4v) is 1.98. The summed E-state index contributed by atoms with van der Waals surface area (Å²) in [5.41, 5.74) is 0.776. The van der Waals surface area contributed by atoms with Gasteiger partial charge in [-0.2, -0.15) is 0 Å². The summed E-state index contributed by atoms with van der Waals surface area (Å²) in [4.78, 5) is 18.0. The van der Waals surface area contributed by atoms with E-state index in [4.69, 9.17) is 4.74 Å². The standard InChI is InChI=1S/C12H12BrN3O2/c1-18-10-11(15-7-16-12(10)17)14-6-8-3-2-4-9(13)5-8/h2-5,7H,6H2,1H3,(H2,14,15,16,17). The SMILES string of the molecule is COc1c(NCc2cccc(Br)c2)nc[nH]c1=O. The second kappa shape index (κ2) is 5.68. The molecular weight excluding hydrogens is 298 g/mol. The Hall–Kier alpha value is -1.82. The lowest BCUT2D eigenvalue weighted by molar-refractivity contribution is 0.408. The Labute approximate surface area is 112 Å². The van der Waals surface area contributed by atoms with Crippen LogP contribution >= 0.6 is 15.9 Å². The van der Waals surface area contributed by atoms with Crippen LogP contribution in [0.15, 0.2) is 39.9 Å². The predicted octanol–water partition coefficient (Wildman–Crippen LogP) is 2.15. The molecule has 0 spiro atoms. The second-order valence-electron chi connectivity index (χ2n) is 3.60. The van der Waals surface area contributed by atoms with Gasteiger partial charge in [0.15, 0.2) is 5.82 Å². The van der Waals surface area contributed by atoms with Crippen molar-refractivity contribution in [3.8, 4) is 5.75 Å². The number of hydrogen-bond donors (Lipinski definition) is 2. The third-order valence-corrected chi connectivity index (χ3v) is 2.86. The summed E-state index contributed by atoms with van der Waals surface area (Å²) in [5.74, 6) is 0.619. The van der Waals surface area contributed by atoms with Crippen molar-refractivity contribution < 1.29 is 4.74 Å². The molecule has 5 nitrogen and oxygen atoms in total. The third-order valence-electron chi connectivity index (χ3n) is 2.36. The van der Waals surface area contributed by atoms with E-state index in [-0.39, 0.29) is 11.3 Å². The fraction of sp³-hybridized carbons (Fsp3) is 0.167. The van der Waals surface area contributed by atoms with E-state index in [9.17, 15) is 4.79 Å². The Morgan fingerprint density at radius 1 is 1.50 bits per heavy atom. The number of nitrogens with one attached hydrogen (secondary N) is 2. The lowest BCUT2D eigenvalue weighted by Gasteiger charge is -2.08. The number of H-pyrrole nitrogens is 1. The van der Waals surface area contributed by atoms with Crippen LogP contribution in [0.5, 0.6) is 5.75 Å². The predicted molar refractivity (Wildman–Crippen MR) is 72.9 cm³/mol. The average Bonchev–Trinajstić information content (AvgIpc) is 2.36. The smallest absolute Gasteiger partial charge is 0.295 e. The maximum atomic E-state index is 11.5. The van der Waals surface area contributed by atoms with Gasteiger partial charge in [0.1, 0.15) is 0 Å². The molecular formula is C12H12BrN3O2. The first kappa shape index (κ1) is 12.6. The summed E-state index contributed by atoms with van der Waals surface area (Å²) in [6.07, 6.45) is 1.34. The minimum absolute atomic E-state index is 0.187. The zero-order valence-corrected chi connectivity index (χ0v) is 11.3. The lowest BCUT2D eigenvalue weighted by Crippen LogP contribution is -2.14. The van der Waals surface area contributed by atoms with Crippen LogP contribution in [-0.2, 0) is 6.54 Å². The van der Waals surface area contributed by atoms with Gasteiger partial charge in [0, 0.05) is 11.0 Å². The summed E-state index contributed by atoms with van der Waals surface area (Å²) in [7, 11) is 1.44. The minimum Gasteiger partial charge on any atom is -0.489 e. The normalized spacial score (nSPS) is 10.1. The molecule has 0 aliphatic rings. The molecule has 2 aromatic rings. The molecule has 0 amide bonds. The van der Waals surface area contributed by atoms with E-state index in [1.165, 1.54) is 13.4 Å². The Bertz CT molecular complexity index is 598. The van der Waals surface area contributed by atoms with Crippen LogP contribution in [0.2, 0.25) is 0 Å². The zero-order valence-electron chi connectivity index (χ0n) is 9.74. The van der Waals surface area contributed by atoms with Gasteiger partial charge in [-0.25, -0.2) is 4.98 Å².